The molecule has 21 heavy (non-hydrogen) atoms. The van der Waals surface area contributed by atoms with Crippen molar-refractivity contribution in [2.24, 2.45) is 5.92 Å². The highest BCUT2D eigenvalue weighted by atomic mass is 16.5. The molecule has 1 saturated heterocycles. The minimum atomic E-state index is -0.0853. The minimum Gasteiger partial charge on any atom is -0.482 e. The van der Waals surface area contributed by atoms with Crippen LogP contribution in [0.1, 0.15) is 18.4 Å². The molecule has 2 N–H and O–H groups in total. The lowest BCUT2D eigenvalue weighted by Crippen LogP contribution is -2.37. The second kappa shape index (κ2) is 6.45. The second-order valence-electron chi connectivity index (χ2n) is 6.07. The third kappa shape index (κ3) is 3.74. The molecule has 1 atom stereocenters. The smallest absolute Gasteiger partial charge is 0.262 e. The number of hydrogen-bond donors (Lipinski definition) is 2. The number of hydrogen-bond acceptors (Lipinski definition) is 4. The van der Waals surface area contributed by atoms with E-state index in [1.165, 1.54) is 31.5 Å². The number of amides is 1. The average Bonchev–Trinajstić information content (AvgIpc) is 2.47. The Kier molecular flexibility index (Phi) is 4.41. The van der Waals surface area contributed by atoms with Gasteiger partial charge >= 0.3 is 0 Å². The van der Waals surface area contributed by atoms with Gasteiger partial charge in [0.15, 0.2) is 6.61 Å². The van der Waals surface area contributed by atoms with Gasteiger partial charge in [-0.15, -0.1) is 0 Å². The highest BCUT2D eigenvalue weighted by molar-refractivity contribution is 5.95. The van der Waals surface area contributed by atoms with E-state index < -0.39 is 0 Å². The van der Waals surface area contributed by atoms with E-state index in [1.54, 1.807) is 0 Å². The molecule has 2 aliphatic heterocycles. The number of anilines is 1. The van der Waals surface area contributed by atoms with Crippen LogP contribution < -0.4 is 15.4 Å². The van der Waals surface area contributed by atoms with Gasteiger partial charge in [-0.1, -0.05) is 6.07 Å². The summed E-state index contributed by atoms with van der Waals surface area (Å²) in [7, 11) is 2.19. The Labute approximate surface area is 125 Å². The summed E-state index contributed by atoms with van der Waals surface area (Å²) in [6.07, 6.45) is 2.61. The zero-order chi connectivity index (χ0) is 14.7. The van der Waals surface area contributed by atoms with Crippen molar-refractivity contribution in [2.45, 2.75) is 19.4 Å². The Morgan fingerprint density at radius 3 is 3.24 bits per heavy atom. The van der Waals surface area contributed by atoms with Gasteiger partial charge in [-0.2, -0.15) is 0 Å². The zero-order valence-corrected chi connectivity index (χ0v) is 12.5. The van der Waals surface area contributed by atoms with Crippen LogP contribution in [-0.2, 0) is 11.3 Å². The number of nitrogens with zero attached hydrogens (tertiary/aromatic N) is 1. The van der Waals surface area contributed by atoms with Crippen molar-refractivity contribution in [1.82, 2.24) is 10.2 Å². The van der Waals surface area contributed by atoms with Crippen LogP contribution in [0, 0.1) is 5.92 Å². The number of benzene rings is 1. The predicted octanol–water partition coefficient (Wildman–Crippen LogP) is 1.45. The Bertz CT molecular complexity index is 518. The number of piperidine rings is 1. The topological polar surface area (TPSA) is 53.6 Å². The van der Waals surface area contributed by atoms with Crippen LogP contribution in [0.3, 0.4) is 0 Å². The molecule has 0 saturated carbocycles. The summed E-state index contributed by atoms with van der Waals surface area (Å²) < 4.78 is 5.36. The Morgan fingerprint density at radius 1 is 1.48 bits per heavy atom. The van der Waals surface area contributed by atoms with Gasteiger partial charge in [-0.05, 0) is 56.6 Å². The molecule has 2 heterocycles. The lowest BCUT2D eigenvalue weighted by molar-refractivity contribution is -0.118. The molecule has 0 aromatic heterocycles. The molecular weight excluding hydrogens is 266 g/mol. The number of carbonyl (C=O) groups is 1. The van der Waals surface area contributed by atoms with Gasteiger partial charge in [0.2, 0.25) is 0 Å². The van der Waals surface area contributed by atoms with E-state index in [2.05, 4.69) is 28.6 Å². The normalized spacial score (nSPS) is 22.3. The number of ether oxygens (including phenoxy) is 1. The van der Waals surface area contributed by atoms with E-state index >= 15 is 0 Å². The maximum absolute atomic E-state index is 11.3. The van der Waals surface area contributed by atoms with Crippen LogP contribution in [0.15, 0.2) is 18.2 Å². The predicted molar refractivity (Wildman–Crippen MR) is 82.5 cm³/mol. The Morgan fingerprint density at radius 2 is 2.38 bits per heavy atom. The lowest BCUT2D eigenvalue weighted by atomic mass is 9.98. The molecule has 2 aliphatic rings. The summed E-state index contributed by atoms with van der Waals surface area (Å²) >= 11 is 0. The summed E-state index contributed by atoms with van der Waals surface area (Å²) in [4.78, 5) is 13.7. The number of rotatable bonds is 4. The van der Waals surface area contributed by atoms with Gasteiger partial charge in [0.05, 0.1) is 5.69 Å². The first kappa shape index (κ1) is 14.4. The molecule has 1 aromatic rings. The minimum absolute atomic E-state index is 0.0853. The van der Waals surface area contributed by atoms with E-state index in [0.29, 0.717) is 0 Å². The van der Waals surface area contributed by atoms with Crippen LogP contribution in [-0.4, -0.2) is 44.1 Å². The molecule has 3 rings (SSSR count). The van der Waals surface area contributed by atoms with Gasteiger partial charge in [0, 0.05) is 13.1 Å². The highest BCUT2D eigenvalue weighted by Gasteiger charge is 2.17. The SMILES string of the molecule is CN1CCCC(CNCc2ccc3c(c2)NC(=O)CO3)C1. The van der Waals surface area contributed by atoms with Gasteiger partial charge in [0.25, 0.3) is 5.91 Å². The van der Waals surface area contributed by atoms with Crippen LogP contribution in [0.4, 0.5) is 5.69 Å². The van der Waals surface area contributed by atoms with E-state index in [1.807, 2.05) is 12.1 Å². The second-order valence-corrected chi connectivity index (χ2v) is 6.07. The third-order valence-electron chi connectivity index (χ3n) is 4.16. The summed E-state index contributed by atoms with van der Waals surface area (Å²) in [6.45, 7) is 4.38. The number of likely N-dealkylation sites (tertiary alicyclic amines) is 1. The maximum Gasteiger partial charge on any atom is 0.262 e. The van der Waals surface area contributed by atoms with E-state index in [-0.39, 0.29) is 12.5 Å². The lowest BCUT2D eigenvalue weighted by Gasteiger charge is -2.29. The van der Waals surface area contributed by atoms with Crippen molar-refractivity contribution in [2.75, 3.05) is 38.6 Å². The molecule has 1 unspecified atom stereocenters. The molecule has 114 valence electrons. The molecular formula is C16H23N3O2. The maximum atomic E-state index is 11.3. The van der Waals surface area contributed by atoms with Gasteiger partial charge in [-0.25, -0.2) is 0 Å². The average molecular weight is 289 g/mol. The van der Waals surface area contributed by atoms with Crippen LogP contribution in [0.25, 0.3) is 0 Å². The van der Waals surface area contributed by atoms with Crippen LogP contribution in [0.2, 0.25) is 0 Å². The molecule has 5 heteroatoms. The fraction of sp³-hybridized carbons (Fsp3) is 0.562. The highest BCUT2D eigenvalue weighted by Crippen LogP contribution is 2.28. The van der Waals surface area contributed by atoms with Crippen molar-refractivity contribution < 1.29 is 9.53 Å². The molecule has 0 spiro atoms. The number of fused-ring (bicyclic) bond motifs is 1. The first-order chi connectivity index (χ1) is 10.2. The quantitative estimate of drug-likeness (QED) is 0.881. The van der Waals surface area contributed by atoms with Gasteiger partial charge in [-0.3, -0.25) is 4.79 Å². The van der Waals surface area contributed by atoms with E-state index in [0.717, 1.165) is 30.4 Å². The van der Waals surface area contributed by atoms with Crippen molar-refractivity contribution >= 4 is 11.6 Å². The fourth-order valence-electron chi connectivity index (χ4n) is 3.10. The first-order valence-corrected chi connectivity index (χ1v) is 7.65. The molecule has 1 aromatic carbocycles. The molecule has 1 fully saturated rings. The third-order valence-corrected chi connectivity index (χ3v) is 4.16. The number of nitrogens with one attached hydrogen (secondary N) is 2. The summed E-state index contributed by atoms with van der Waals surface area (Å²) in [5, 5.41) is 6.38. The summed E-state index contributed by atoms with van der Waals surface area (Å²) in [6, 6.07) is 5.98. The van der Waals surface area contributed by atoms with Crippen molar-refractivity contribution in [3.05, 3.63) is 23.8 Å². The van der Waals surface area contributed by atoms with Gasteiger partial charge in [0.1, 0.15) is 5.75 Å². The standard InChI is InChI=1S/C16H23N3O2/c1-19-6-2-3-13(10-19)9-17-8-12-4-5-15-14(7-12)18-16(20)11-21-15/h4-5,7,13,17H,2-3,6,8-11H2,1H3,(H,18,20). The monoisotopic (exact) mass is 289 g/mol. The number of carbonyl (C=O) groups excluding carboxylic acids is 1. The first-order valence-electron chi connectivity index (χ1n) is 7.65. The Hall–Kier alpha value is -1.59. The van der Waals surface area contributed by atoms with Crippen molar-refractivity contribution in [1.29, 1.82) is 0 Å². The van der Waals surface area contributed by atoms with Crippen LogP contribution in [0.5, 0.6) is 5.75 Å². The van der Waals surface area contributed by atoms with Crippen LogP contribution >= 0.6 is 0 Å². The zero-order valence-electron chi connectivity index (χ0n) is 12.5. The summed E-state index contributed by atoms with van der Waals surface area (Å²) in [5.41, 5.74) is 1.95. The van der Waals surface area contributed by atoms with Crippen molar-refractivity contribution in [3.8, 4) is 5.75 Å². The Balaban J connectivity index is 1.51. The molecule has 0 radical (unpaired) electrons. The molecule has 0 bridgehead atoms. The van der Waals surface area contributed by atoms with E-state index in [9.17, 15) is 4.79 Å². The largest absolute Gasteiger partial charge is 0.482 e. The fourth-order valence-corrected chi connectivity index (χ4v) is 3.10. The summed E-state index contributed by atoms with van der Waals surface area (Å²) in [5.74, 6) is 1.41. The van der Waals surface area contributed by atoms with Gasteiger partial charge < -0.3 is 20.3 Å². The van der Waals surface area contributed by atoms with Crippen molar-refractivity contribution in [3.63, 3.8) is 0 Å². The molecule has 5 nitrogen and oxygen atoms in total. The molecule has 0 aliphatic carbocycles. The van der Waals surface area contributed by atoms with E-state index in [4.69, 9.17) is 4.74 Å². The molecule has 1 amide bonds.